The van der Waals surface area contributed by atoms with Crippen LogP contribution in [0.3, 0.4) is 0 Å². The van der Waals surface area contributed by atoms with Gasteiger partial charge in [-0.2, -0.15) is 5.10 Å². The molecular formula is C17H25N3. The average Bonchev–Trinajstić information content (AvgIpc) is 2.62. The summed E-state index contributed by atoms with van der Waals surface area (Å²) in [5, 5.41) is 7.97. The van der Waals surface area contributed by atoms with Gasteiger partial charge in [0, 0.05) is 30.9 Å². The predicted molar refractivity (Wildman–Crippen MR) is 84.8 cm³/mol. The molecule has 1 aromatic heterocycles. The summed E-state index contributed by atoms with van der Waals surface area (Å²) in [6.45, 7) is 11.6. The number of nitrogens with one attached hydrogen (secondary N) is 1. The molecule has 0 saturated carbocycles. The van der Waals surface area contributed by atoms with Gasteiger partial charge in [0.2, 0.25) is 0 Å². The summed E-state index contributed by atoms with van der Waals surface area (Å²) >= 11 is 0. The molecule has 1 aromatic carbocycles. The van der Waals surface area contributed by atoms with Crippen LogP contribution in [0.25, 0.3) is 11.1 Å². The zero-order chi connectivity index (χ0) is 14.9. The minimum Gasteiger partial charge on any atom is -0.310 e. The predicted octanol–water partition coefficient (Wildman–Crippen LogP) is 3.51. The van der Waals surface area contributed by atoms with E-state index < -0.39 is 0 Å². The van der Waals surface area contributed by atoms with Crippen LogP contribution in [-0.4, -0.2) is 15.8 Å². The number of nitrogens with zero attached hydrogens (tertiary/aromatic N) is 2. The van der Waals surface area contributed by atoms with Crippen LogP contribution in [0.4, 0.5) is 0 Å². The van der Waals surface area contributed by atoms with Crippen LogP contribution in [0.2, 0.25) is 0 Å². The second-order valence-electron chi connectivity index (χ2n) is 5.85. The fraction of sp³-hybridized carbons (Fsp3) is 0.471. The lowest BCUT2D eigenvalue weighted by atomic mass is 9.97. The SMILES string of the molecule is Cc1cc(CNC(C)C)ccc1-c1c(C)nn(C)c1C. The summed E-state index contributed by atoms with van der Waals surface area (Å²) in [7, 11) is 2.00. The first-order valence-corrected chi connectivity index (χ1v) is 7.23. The summed E-state index contributed by atoms with van der Waals surface area (Å²) in [5.74, 6) is 0. The molecule has 2 rings (SSSR count). The summed E-state index contributed by atoms with van der Waals surface area (Å²) in [6.07, 6.45) is 0. The zero-order valence-electron chi connectivity index (χ0n) is 13.4. The minimum atomic E-state index is 0.512. The molecule has 0 radical (unpaired) electrons. The van der Waals surface area contributed by atoms with Crippen molar-refractivity contribution >= 4 is 0 Å². The summed E-state index contributed by atoms with van der Waals surface area (Å²) in [6, 6.07) is 7.22. The van der Waals surface area contributed by atoms with Gasteiger partial charge in [0.1, 0.15) is 0 Å². The largest absolute Gasteiger partial charge is 0.310 e. The van der Waals surface area contributed by atoms with Crippen molar-refractivity contribution in [2.45, 2.75) is 47.2 Å². The lowest BCUT2D eigenvalue weighted by molar-refractivity contribution is 0.589. The van der Waals surface area contributed by atoms with Crippen molar-refractivity contribution in [2.75, 3.05) is 0 Å². The number of rotatable bonds is 4. The Bertz CT molecular complexity index is 609. The first kappa shape index (κ1) is 14.8. The van der Waals surface area contributed by atoms with Crippen LogP contribution in [0, 0.1) is 20.8 Å². The van der Waals surface area contributed by atoms with Crippen molar-refractivity contribution < 1.29 is 0 Å². The number of benzene rings is 1. The molecule has 0 aliphatic rings. The van der Waals surface area contributed by atoms with Crippen molar-refractivity contribution in [3.05, 3.63) is 40.7 Å². The molecule has 1 N–H and O–H groups in total. The van der Waals surface area contributed by atoms with Crippen LogP contribution >= 0.6 is 0 Å². The van der Waals surface area contributed by atoms with Crippen molar-refractivity contribution in [3.63, 3.8) is 0 Å². The van der Waals surface area contributed by atoms with Gasteiger partial charge in [-0.3, -0.25) is 4.68 Å². The lowest BCUT2D eigenvalue weighted by Crippen LogP contribution is -2.21. The highest BCUT2D eigenvalue weighted by Crippen LogP contribution is 2.29. The summed E-state index contributed by atoms with van der Waals surface area (Å²) in [4.78, 5) is 0. The molecule has 1 heterocycles. The first-order chi connectivity index (χ1) is 9.40. The maximum atomic E-state index is 4.51. The van der Waals surface area contributed by atoms with E-state index in [1.807, 2.05) is 11.7 Å². The Labute approximate surface area is 122 Å². The third kappa shape index (κ3) is 2.93. The monoisotopic (exact) mass is 271 g/mol. The number of aromatic nitrogens is 2. The molecule has 3 nitrogen and oxygen atoms in total. The van der Waals surface area contributed by atoms with Crippen molar-refractivity contribution in [1.82, 2.24) is 15.1 Å². The van der Waals surface area contributed by atoms with Gasteiger partial charge >= 0.3 is 0 Å². The van der Waals surface area contributed by atoms with Crippen LogP contribution in [-0.2, 0) is 13.6 Å². The number of hydrogen-bond acceptors (Lipinski definition) is 2. The highest BCUT2D eigenvalue weighted by molar-refractivity contribution is 5.71. The van der Waals surface area contributed by atoms with Crippen LogP contribution < -0.4 is 5.32 Å². The Hall–Kier alpha value is -1.61. The van der Waals surface area contributed by atoms with Gasteiger partial charge in [0.05, 0.1) is 5.69 Å². The third-order valence-electron chi connectivity index (χ3n) is 3.78. The van der Waals surface area contributed by atoms with E-state index in [1.54, 1.807) is 0 Å². The second-order valence-corrected chi connectivity index (χ2v) is 5.85. The van der Waals surface area contributed by atoms with E-state index in [0.717, 1.165) is 12.2 Å². The quantitative estimate of drug-likeness (QED) is 0.922. The maximum absolute atomic E-state index is 4.51. The highest BCUT2D eigenvalue weighted by Gasteiger charge is 2.13. The maximum Gasteiger partial charge on any atom is 0.0674 e. The normalized spacial score (nSPS) is 11.3. The molecule has 0 unspecified atom stereocenters. The molecular weight excluding hydrogens is 246 g/mol. The molecule has 20 heavy (non-hydrogen) atoms. The Morgan fingerprint density at radius 2 is 1.90 bits per heavy atom. The van der Waals surface area contributed by atoms with E-state index in [1.165, 1.54) is 27.9 Å². The number of aryl methyl sites for hydroxylation is 3. The molecule has 3 heteroatoms. The minimum absolute atomic E-state index is 0.512. The Morgan fingerprint density at radius 3 is 2.40 bits per heavy atom. The Morgan fingerprint density at radius 1 is 1.20 bits per heavy atom. The molecule has 0 aliphatic carbocycles. The summed E-state index contributed by atoms with van der Waals surface area (Å²) in [5.41, 5.74) is 7.53. The van der Waals surface area contributed by atoms with Gasteiger partial charge in [0.25, 0.3) is 0 Å². The smallest absolute Gasteiger partial charge is 0.0674 e. The van der Waals surface area contributed by atoms with E-state index >= 15 is 0 Å². The van der Waals surface area contributed by atoms with Crippen LogP contribution in [0.1, 0.15) is 36.4 Å². The molecule has 2 aromatic rings. The molecule has 0 aliphatic heterocycles. The van der Waals surface area contributed by atoms with Gasteiger partial charge in [-0.1, -0.05) is 32.0 Å². The van der Waals surface area contributed by atoms with Gasteiger partial charge in [0.15, 0.2) is 0 Å². The van der Waals surface area contributed by atoms with Gasteiger partial charge < -0.3 is 5.32 Å². The standard InChI is InChI=1S/C17H25N3/c1-11(2)18-10-15-7-8-16(12(3)9-15)17-13(4)19-20(6)14(17)5/h7-9,11,18H,10H2,1-6H3. The van der Waals surface area contributed by atoms with E-state index in [2.05, 4.69) is 63.2 Å². The van der Waals surface area contributed by atoms with E-state index in [9.17, 15) is 0 Å². The second kappa shape index (κ2) is 5.80. The van der Waals surface area contributed by atoms with E-state index in [-0.39, 0.29) is 0 Å². The van der Waals surface area contributed by atoms with Crippen molar-refractivity contribution in [1.29, 1.82) is 0 Å². The molecule has 108 valence electrons. The highest BCUT2D eigenvalue weighted by atomic mass is 15.3. The van der Waals surface area contributed by atoms with Crippen LogP contribution in [0.5, 0.6) is 0 Å². The lowest BCUT2D eigenvalue weighted by Gasteiger charge is -2.12. The Balaban J connectivity index is 2.34. The molecule has 0 spiro atoms. The average molecular weight is 271 g/mol. The molecule has 0 fully saturated rings. The Kier molecular flexibility index (Phi) is 4.29. The van der Waals surface area contributed by atoms with E-state index in [4.69, 9.17) is 0 Å². The fourth-order valence-corrected chi connectivity index (χ4v) is 2.60. The number of hydrogen-bond donors (Lipinski definition) is 1. The first-order valence-electron chi connectivity index (χ1n) is 7.23. The molecule has 0 amide bonds. The molecule has 0 atom stereocenters. The fourth-order valence-electron chi connectivity index (χ4n) is 2.60. The zero-order valence-corrected chi connectivity index (χ0v) is 13.4. The molecule has 0 bridgehead atoms. The third-order valence-corrected chi connectivity index (χ3v) is 3.78. The van der Waals surface area contributed by atoms with E-state index in [0.29, 0.717) is 6.04 Å². The van der Waals surface area contributed by atoms with Gasteiger partial charge in [-0.15, -0.1) is 0 Å². The summed E-state index contributed by atoms with van der Waals surface area (Å²) < 4.78 is 1.96. The van der Waals surface area contributed by atoms with Gasteiger partial charge in [-0.05, 0) is 37.5 Å². The van der Waals surface area contributed by atoms with Crippen molar-refractivity contribution in [2.24, 2.45) is 7.05 Å². The van der Waals surface area contributed by atoms with Crippen LogP contribution in [0.15, 0.2) is 18.2 Å². The van der Waals surface area contributed by atoms with Gasteiger partial charge in [-0.25, -0.2) is 0 Å². The molecule has 0 saturated heterocycles. The van der Waals surface area contributed by atoms with Crippen molar-refractivity contribution in [3.8, 4) is 11.1 Å². The topological polar surface area (TPSA) is 29.9 Å².